The molecule has 0 radical (unpaired) electrons. The van der Waals surface area contributed by atoms with Gasteiger partial charge in [0, 0.05) is 19.1 Å². The Labute approximate surface area is 120 Å². The van der Waals surface area contributed by atoms with Crippen molar-refractivity contribution in [3.63, 3.8) is 0 Å². The topological polar surface area (TPSA) is 32.3 Å². The van der Waals surface area contributed by atoms with E-state index in [0.29, 0.717) is 12.3 Å². The van der Waals surface area contributed by atoms with Crippen LogP contribution in [0.25, 0.3) is 0 Å². The molecular formula is C16H23FN2O. The minimum absolute atomic E-state index is 0.138. The van der Waals surface area contributed by atoms with Crippen LogP contribution in [0, 0.1) is 11.7 Å². The van der Waals surface area contributed by atoms with Gasteiger partial charge in [0.25, 0.3) is 0 Å². The molecule has 1 amide bonds. The number of amides is 1. The zero-order valence-corrected chi connectivity index (χ0v) is 12.2. The van der Waals surface area contributed by atoms with Gasteiger partial charge < -0.3 is 10.2 Å². The SMILES string of the molecule is CC(C)C1CNCCCN1C(=O)Cc1ccc(F)cc1. The van der Waals surface area contributed by atoms with Crippen molar-refractivity contribution in [3.05, 3.63) is 35.6 Å². The fourth-order valence-electron chi connectivity index (χ4n) is 2.68. The highest BCUT2D eigenvalue weighted by Crippen LogP contribution is 2.15. The summed E-state index contributed by atoms with van der Waals surface area (Å²) in [6.07, 6.45) is 1.34. The molecule has 1 aromatic rings. The lowest BCUT2D eigenvalue weighted by molar-refractivity contribution is -0.133. The summed E-state index contributed by atoms with van der Waals surface area (Å²) in [5.41, 5.74) is 0.871. The average Bonchev–Trinajstić information content (AvgIpc) is 2.67. The third kappa shape index (κ3) is 3.79. The minimum Gasteiger partial charge on any atom is -0.338 e. The second-order valence-electron chi connectivity index (χ2n) is 5.76. The lowest BCUT2D eigenvalue weighted by Gasteiger charge is -2.32. The summed E-state index contributed by atoms with van der Waals surface area (Å²) in [5.74, 6) is 0.303. The molecule has 0 spiro atoms. The second-order valence-corrected chi connectivity index (χ2v) is 5.76. The Morgan fingerprint density at radius 1 is 1.40 bits per heavy atom. The molecule has 1 aliphatic heterocycles. The van der Waals surface area contributed by atoms with Crippen molar-refractivity contribution in [2.45, 2.75) is 32.7 Å². The molecule has 1 fully saturated rings. The van der Waals surface area contributed by atoms with Crippen LogP contribution >= 0.6 is 0 Å². The van der Waals surface area contributed by atoms with E-state index in [4.69, 9.17) is 0 Å². The van der Waals surface area contributed by atoms with E-state index in [1.54, 1.807) is 12.1 Å². The molecule has 4 heteroatoms. The molecule has 0 aliphatic carbocycles. The number of carbonyl (C=O) groups excluding carboxylic acids is 1. The van der Waals surface area contributed by atoms with Crippen molar-refractivity contribution in [1.82, 2.24) is 10.2 Å². The molecule has 1 heterocycles. The highest BCUT2D eigenvalue weighted by atomic mass is 19.1. The molecule has 1 aromatic carbocycles. The van der Waals surface area contributed by atoms with Crippen LogP contribution < -0.4 is 5.32 Å². The first-order chi connectivity index (χ1) is 9.58. The largest absolute Gasteiger partial charge is 0.338 e. The first kappa shape index (κ1) is 15.0. The number of benzene rings is 1. The molecular weight excluding hydrogens is 255 g/mol. The molecule has 1 saturated heterocycles. The Morgan fingerprint density at radius 3 is 2.75 bits per heavy atom. The lowest BCUT2D eigenvalue weighted by Crippen LogP contribution is -2.47. The Morgan fingerprint density at radius 2 is 2.10 bits per heavy atom. The van der Waals surface area contributed by atoms with Gasteiger partial charge in [0.1, 0.15) is 5.82 Å². The summed E-state index contributed by atoms with van der Waals surface area (Å²) in [4.78, 5) is 14.5. The third-order valence-corrected chi connectivity index (χ3v) is 3.86. The van der Waals surface area contributed by atoms with Crippen LogP contribution in [-0.2, 0) is 11.2 Å². The predicted molar refractivity (Wildman–Crippen MR) is 77.9 cm³/mol. The molecule has 2 rings (SSSR count). The van der Waals surface area contributed by atoms with E-state index in [0.717, 1.165) is 31.6 Å². The van der Waals surface area contributed by atoms with Crippen molar-refractivity contribution >= 4 is 5.91 Å². The smallest absolute Gasteiger partial charge is 0.227 e. The number of hydrogen-bond acceptors (Lipinski definition) is 2. The van der Waals surface area contributed by atoms with E-state index in [9.17, 15) is 9.18 Å². The van der Waals surface area contributed by atoms with Crippen LogP contribution in [-0.4, -0.2) is 36.5 Å². The molecule has 1 atom stereocenters. The summed E-state index contributed by atoms with van der Waals surface area (Å²) in [7, 11) is 0. The fraction of sp³-hybridized carbons (Fsp3) is 0.562. The molecule has 20 heavy (non-hydrogen) atoms. The zero-order valence-electron chi connectivity index (χ0n) is 12.2. The number of carbonyl (C=O) groups is 1. The Hall–Kier alpha value is -1.42. The van der Waals surface area contributed by atoms with Gasteiger partial charge >= 0.3 is 0 Å². The molecule has 0 aromatic heterocycles. The van der Waals surface area contributed by atoms with Gasteiger partial charge in [-0.3, -0.25) is 4.79 Å². The van der Waals surface area contributed by atoms with Gasteiger partial charge in [-0.2, -0.15) is 0 Å². The minimum atomic E-state index is -0.264. The summed E-state index contributed by atoms with van der Waals surface area (Å²) < 4.78 is 12.9. The molecule has 3 nitrogen and oxygen atoms in total. The molecule has 0 saturated carbocycles. The number of hydrogen-bond donors (Lipinski definition) is 1. The van der Waals surface area contributed by atoms with E-state index in [2.05, 4.69) is 19.2 Å². The standard InChI is InChI=1S/C16H23FN2O/c1-12(2)15-11-18-8-3-9-19(15)16(20)10-13-4-6-14(17)7-5-13/h4-7,12,15,18H,3,8-11H2,1-2H3. The monoisotopic (exact) mass is 278 g/mol. The van der Waals surface area contributed by atoms with Crippen molar-refractivity contribution < 1.29 is 9.18 Å². The van der Waals surface area contributed by atoms with Crippen molar-refractivity contribution in [2.75, 3.05) is 19.6 Å². The quantitative estimate of drug-likeness (QED) is 0.919. The van der Waals surface area contributed by atoms with Crippen molar-refractivity contribution in [3.8, 4) is 0 Å². The van der Waals surface area contributed by atoms with E-state index in [1.807, 2.05) is 4.90 Å². The second kappa shape index (κ2) is 6.84. The maximum absolute atomic E-state index is 12.9. The molecule has 1 aliphatic rings. The van der Waals surface area contributed by atoms with Gasteiger partial charge in [-0.1, -0.05) is 26.0 Å². The van der Waals surface area contributed by atoms with Gasteiger partial charge in [-0.05, 0) is 36.6 Å². The van der Waals surface area contributed by atoms with Crippen LogP contribution in [0.4, 0.5) is 4.39 Å². The highest BCUT2D eigenvalue weighted by molar-refractivity contribution is 5.79. The molecule has 1 N–H and O–H groups in total. The van der Waals surface area contributed by atoms with Gasteiger partial charge in [0.05, 0.1) is 6.42 Å². The summed E-state index contributed by atoms with van der Waals surface area (Å²) >= 11 is 0. The van der Waals surface area contributed by atoms with E-state index >= 15 is 0 Å². The molecule has 0 bridgehead atoms. The average molecular weight is 278 g/mol. The summed E-state index contributed by atoms with van der Waals surface area (Å²) in [6.45, 7) is 6.91. The first-order valence-electron chi connectivity index (χ1n) is 7.32. The first-order valence-corrected chi connectivity index (χ1v) is 7.32. The van der Waals surface area contributed by atoms with Crippen LogP contribution in [0.15, 0.2) is 24.3 Å². The normalized spacial score (nSPS) is 20.0. The number of nitrogens with zero attached hydrogens (tertiary/aromatic N) is 1. The van der Waals surface area contributed by atoms with E-state index in [1.165, 1.54) is 12.1 Å². The fourth-order valence-corrected chi connectivity index (χ4v) is 2.68. The van der Waals surface area contributed by atoms with E-state index in [-0.39, 0.29) is 17.8 Å². The highest BCUT2D eigenvalue weighted by Gasteiger charge is 2.27. The lowest BCUT2D eigenvalue weighted by atomic mass is 10.0. The predicted octanol–water partition coefficient (Wildman–Crippen LogP) is 2.21. The van der Waals surface area contributed by atoms with Crippen LogP contribution in [0.2, 0.25) is 0 Å². The maximum atomic E-state index is 12.9. The summed E-state index contributed by atoms with van der Waals surface area (Å²) in [5, 5.41) is 3.39. The van der Waals surface area contributed by atoms with Gasteiger partial charge in [-0.25, -0.2) is 4.39 Å². The van der Waals surface area contributed by atoms with Gasteiger partial charge in [-0.15, -0.1) is 0 Å². The van der Waals surface area contributed by atoms with Crippen molar-refractivity contribution in [1.29, 1.82) is 0 Å². The number of rotatable bonds is 3. The van der Waals surface area contributed by atoms with Gasteiger partial charge in [0.15, 0.2) is 0 Å². The number of nitrogens with one attached hydrogen (secondary N) is 1. The Bertz CT molecular complexity index is 444. The maximum Gasteiger partial charge on any atom is 0.227 e. The van der Waals surface area contributed by atoms with Crippen LogP contribution in [0.3, 0.4) is 0 Å². The third-order valence-electron chi connectivity index (χ3n) is 3.86. The van der Waals surface area contributed by atoms with E-state index < -0.39 is 0 Å². The Balaban J connectivity index is 2.06. The molecule has 110 valence electrons. The molecule has 1 unspecified atom stereocenters. The van der Waals surface area contributed by atoms with Crippen LogP contribution in [0.5, 0.6) is 0 Å². The summed E-state index contributed by atoms with van der Waals surface area (Å²) in [6, 6.07) is 6.44. The Kier molecular flexibility index (Phi) is 5.12. The zero-order chi connectivity index (χ0) is 14.5. The van der Waals surface area contributed by atoms with Gasteiger partial charge in [0.2, 0.25) is 5.91 Å². The van der Waals surface area contributed by atoms with Crippen molar-refractivity contribution in [2.24, 2.45) is 5.92 Å². The number of halogens is 1. The van der Waals surface area contributed by atoms with Crippen LogP contribution in [0.1, 0.15) is 25.8 Å².